The van der Waals surface area contributed by atoms with Crippen molar-refractivity contribution >= 4 is 17.8 Å². The van der Waals surface area contributed by atoms with Gasteiger partial charge >= 0.3 is 0 Å². The van der Waals surface area contributed by atoms with Crippen LogP contribution in [0.4, 0.5) is 5.69 Å². The number of non-ortho nitro benzene ring substituents is 1. The van der Waals surface area contributed by atoms with Gasteiger partial charge in [-0.15, -0.1) is 0 Å². The Kier molecular flexibility index (Phi) is 4.88. The van der Waals surface area contributed by atoms with E-state index in [0.717, 1.165) is 12.3 Å². The molecular formula is C15H13N3O5. The van der Waals surface area contributed by atoms with Crippen LogP contribution in [0.5, 0.6) is 11.5 Å². The number of carbonyl (C=O) groups excluding carboxylic acids is 1. The first-order chi connectivity index (χ1) is 11.0. The van der Waals surface area contributed by atoms with Crippen molar-refractivity contribution in [3.63, 3.8) is 0 Å². The molecule has 8 heteroatoms. The number of nitrogens with one attached hydrogen (secondary N) is 1. The Morgan fingerprint density at radius 1 is 1.35 bits per heavy atom. The Morgan fingerprint density at radius 2 is 2.13 bits per heavy atom. The van der Waals surface area contributed by atoms with E-state index in [4.69, 9.17) is 4.74 Å². The highest BCUT2D eigenvalue weighted by Crippen LogP contribution is 2.21. The lowest BCUT2D eigenvalue weighted by atomic mass is 10.2. The van der Waals surface area contributed by atoms with Crippen LogP contribution in [0, 0.1) is 10.1 Å². The monoisotopic (exact) mass is 315 g/mol. The lowest BCUT2D eigenvalue weighted by molar-refractivity contribution is -0.384. The second-order valence-electron chi connectivity index (χ2n) is 4.43. The van der Waals surface area contributed by atoms with E-state index in [-0.39, 0.29) is 17.0 Å². The van der Waals surface area contributed by atoms with E-state index in [1.54, 1.807) is 18.2 Å². The quantitative estimate of drug-likeness (QED) is 0.498. The van der Waals surface area contributed by atoms with Crippen molar-refractivity contribution in [2.75, 3.05) is 7.11 Å². The van der Waals surface area contributed by atoms with Gasteiger partial charge in [0.25, 0.3) is 11.6 Å². The van der Waals surface area contributed by atoms with E-state index in [1.165, 1.54) is 25.3 Å². The molecule has 1 amide bonds. The molecule has 0 atom stereocenters. The molecule has 0 unspecified atom stereocenters. The van der Waals surface area contributed by atoms with Gasteiger partial charge in [0.1, 0.15) is 11.5 Å². The molecule has 0 saturated carbocycles. The molecule has 0 fully saturated rings. The lowest BCUT2D eigenvalue weighted by Gasteiger charge is -2.03. The van der Waals surface area contributed by atoms with E-state index < -0.39 is 10.8 Å². The summed E-state index contributed by atoms with van der Waals surface area (Å²) in [6, 6.07) is 9.97. The Bertz CT molecular complexity index is 773. The van der Waals surface area contributed by atoms with Crippen LogP contribution in [-0.2, 0) is 0 Å². The number of methoxy groups -OCH3 is 1. The number of aromatic hydroxyl groups is 1. The molecule has 2 N–H and O–H groups in total. The number of phenols is 1. The third kappa shape index (κ3) is 4.03. The number of nitro groups is 1. The second kappa shape index (κ2) is 7.03. The van der Waals surface area contributed by atoms with Crippen LogP contribution in [0.2, 0.25) is 0 Å². The molecule has 0 aliphatic rings. The summed E-state index contributed by atoms with van der Waals surface area (Å²) < 4.78 is 5.01. The zero-order chi connectivity index (χ0) is 16.8. The van der Waals surface area contributed by atoms with Crippen LogP contribution in [-0.4, -0.2) is 29.3 Å². The standard InChI is InChI=1S/C15H13N3O5/c1-23-13-4-2-3-10(8-13)15(20)17-16-9-11-7-12(18(21)22)5-6-14(11)19/h2-9,19H,1H3,(H,17,20)/b16-9-. The summed E-state index contributed by atoms with van der Waals surface area (Å²) in [6.45, 7) is 0. The molecule has 23 heavy (non-hydrogen) atoms. The van der Waals surface area contributed by atoms with Crippen LogP contribution in [0.1, 0.15) is 15.9 Å². The molecule has 0 spiro atoms. The van der Waals surface area contributed by atoms with E-state index in [1.807, 2.05) is 0 Å². The molecule has 0 heterocycles. The predicted molar refractivity (Wildman–Crippen MR) is 82.8 cm³/mol. The van der Waals surface area contributed by atoms with Gasteiger partial charge in [-0.25, -0.2) is 5.43 Å². The number of benzene rings is 2. The normalized spacial score (nSPS) is 10.5. The van der Waals surface area contributed by atoms with Crippen molar-refractivity contribution in [2.24, 2.45) is 5.10 Å². The minimum atomic E-state index is -0.592. The van der Waals surface area contributed by atoms with Gasteiger partial charge in [0.2, 0.25) is 0 Å². The van der Waals surface area contributed by atoms with Gasteiger partial charge < -0.3 is 9.84 Å². The topological polar surface area (TPSA) is 114 Å². The van der Waals surface area contributed by atoms with Crippen LogP contribution < -0.4 is 10.2 Å². The molecule has 8 nitrogen and oxygen atoms in total. The van der Waals surface area contributed by atoms with Crippen molar-refractivity contribution in [1.82, 2.24) is 5.43 Å². The molecule has 2 aromatic rings. The maximum Gasteiger partial charge on any atom is 0.271 e. The van der Waals surface area contributed by atoms with Crippen molar-refractivity contribution < 1.29 is 19.6 Å². The predicted octanol–water partition coefficient (Wildman–Crippen LogP) is 2.07. The van der Waals surface area contributed by atoms with Crippen LogP contribution >= 0.6 is 0 Å². The molecule has 118 valence electrons. The number of hydrazone groups is 1. The Morgan fingerprint density at radius 3 is 2.83 bits per heavy atom. The van der Waals surface area contributed by atoms with Crippen LogP contribution in [0.25, 0.3) is 0 Å². The first-order valence-corrected chi connectivity index (χ1v) is 6.46. The van der Waals surface area contributed by atoms with Gasteiger partial charge in [-0.3, -0.25) is 14.9 Å². The minimum absolute atomic E-state index is 0.116. The first kappa shape index (κ1) is 16.0. The van der Waals surface area contributed by atoms with Gasteiger partial charge in [0.15, 0.2) is 0 Å². The molecule has 2 aromatic carbocycles. The lowest BCUT2D eigenvalue weighted by Crippen LogP contribution is -2.17. The van der Waals surface area contributed by atoms with E-state index >= 15 is 0 Å². The average Bonchev–Trinajstić information content (AvgIpc) is 2.56. The zero-order valence-corrected chi connectivity index (χ0v) is 12.1. The molecule has 2 rings (SSSR count). The van der Waals surface area contributed by atoms with E-state index in [9.17, 15) is 20.0 Å². The summed E-state index contributed by atoms with van der Waals surface area (Å²) in [5.74, 6) is -0.141. The van der Waals surface area contributed by atoms with Crippen molar-refractivity contribution in [3.8, 4) is 11.5 Å². The highest BCUT2D eigenvalue weighted by molar-refractivity contribution is 5.95. The number of phenolic OH excluding ortho intramolecular Hbond substituents is 1. The summed E-state index contributed by atoms with van der Waals surface area (Å²) in [5.41, 5.74) is 2.53. The fourth-order valence-corrected chi connectivity index (χ4v) is 1.75. The van der Waals surface area contributed by atoms with Crippen LogP contribution in [0.3, 0.4) is 0 Å². The third-order valence-electron chi connectivity index (χ3n) is 2.92. The number of amides is 1. The summed E-state index contributed by atoms with van der Waals surface area (Å²) in [4.78, 5) is 22.0. The van der Waals surface area contributed by atoms with Crippen molar-refractivity contribution in [1.29, 1.82) is 0 Å². The molecule has 0 aliphatic heterocycles. The summed E-state index contributed by atoms with van der Waals surface area (Å²) in [5, 5.41) is 24.0. The fraction of sp³-hybridized carbons (Fsp3) is 0.0667. The second-order valence-corrected chi connectivity index (χ2v) is 4.43. The first-order valence-electron chi connectivity index (χ1n) is 6.46. The fourth-order valence-electron chi connectivity index (χ4n) is 1.75. The minimum Gasteiger partial charge on any atom is -0.507 e. The Balaban J connectivity index is 2.10. The smallest absolute Gasteiger partial charge is 0.271 e. The number of ether oxygens (including phenoxy) is 1. The molecule has 0 bridgehead atoms. The van der Waals surface area contributed by atoms with Gasteiger partial charge in [0, 0.05) is 23.3 Å². The maximum atomic E-state index is 11.9. The molecular weight excluding hydrogens is 302 g/mol. The molecule has 0 saturated heterocycles. The van der Waals surface area contributed by atoms with Crippen LogP contribution in [0.15, 0.2) is 47.6 Å². The highest BCUT2D eigenvalue weighted by atomic mass is 16.6. The van der Waals surface area contributed by atoms with E-state index in [0.29, 0.717) is 11.3 Å². The number of carbonyl (C=O) groups is 1. The van der Waals surface area contributed by atoms with Gasteiger partial charge in [-0.2, -0.15) is 5.10 Å². The summed E-state index contributed by atoms with van der Waals surface area (Å²) in [6.07, 6.45) is 1.13. The molecule has 0 aromatic heterocycles. The molecule has 0 radical (unpaired) electrons. The van der Waals surface area contributed by atoms with Crippen molar-refractivity contribution in [3.05, 3.63) is 63.7 Å². The maximum absolute atomic E-state index is 11.9. The number of nitro benzene ring substituents is 1. The summed E-state index contributed by atoms with van der Waals surface area (Å²) >= 11 is 0. The van der Waals surface area contributed by atoms with E-state index in [2.05, 4.69) is 10.5 Å². The largest absolute Gasteiger partial charge is 0.507 e. The zero-order valence-electron chi connectivity index (χ0n) is 12.1. The van der Waals surface area contributed by atoms with Crippen molar-refractivity contribution in [2.45, 2.75) is 0 Å². The average molecular weight is 315 g/mol. The third-order valence-corrected chi connectivity index (χ3v) is 2.92. The van der Waals surface area contributed by atoms with Gasteiger partial charge in [0.05, 0.1) is 18.2 Å². The Hall–Kier alpha value is -3.42. The summed E-state index contributed by atoms with van der Waals surface area (Å²) in [7, 11) is 1.49. The Labute approximate surface area is 131 Å². The number of hydrogen-bond acceptors (Lipinski definition) is 6. The highest BCUT2D eigenvalue weighted by Gasteiger charge is 2.09. The number of hydrogen-bond donors (Lipinski definition) is 2. The van der Waals surface area contributed by atoms with Gasteiger partial charge in [-0.05, 0) is 24.3 Å². The molecule has 0 aliphatic carbocycles. The van der Waals surface area contributed by atoms with Gasteiger partial charge in [-0.1, -0.05) is 6.07 Å². The SMILES string of the molecule is COc1cccc(C(=O)N/N=C\c2cc([N+](=O)[O-])ccc2O)c1. The number of nitrogens with zero attached hydrogens (tertiary/aromatic N) is 2. The number of rotatable bonds is 5.